The fourth-order valence-electron chi connectivity index (χ4n) is 2.74. The fourth-order valence-corrected chi connectivity index (χ4v) is 3.64. The van der Waals surface area contributed by atoms with Crippen LogP contribution in [0.25, 0.3) is 10.4 Å². The van der Waals surface area contributed by atoms with Crippen molar-refractivity contribution < 1.29 is 9.53 Å². The predicted octanol–water partition coefficient (Wildman–Crippen LogP) is 2.49. The van der Waals surface area contributed by atoms with Gasteiger partial charge in [-0.15, -0.1) is 11.3 Å². The zero-order chi connectivity index (χ0) is 16.6. The lowest BCUT2D eigenvalue weighted by molar-refractivity contribution is 0.0325. The van der Waals surface area contributed by atoms with Crippen LogP contribution in [0.15, 0.2) is 18.2 Å². The lowest BCUT2D eigenvalue weighted by Gasteiger charge is -2.21. The van der Waals surface area contributed by atoms with Gasteiger partial charge in [-0.2, -0.15) is 0 Å². The minimum absolute atomic E-state index is 0.101. The summed E-state index contributed by atoms with van der Waals surface area (Å²) in [5, 5.41) is 0.881. The second-order valence-corrected chi connectivity index (χ2v) is 6.97. The molecule has 1 aromatic carbocycles. The molecule has 122 valence electrons. The van der Waals surface area contributed by atoms with Gasteiger partial charge >= 0.3 is 0 Å². The van der Waals surface area contributed by atoms with Crippen molar-refractivity contribution in [3.8, 4) is 10.4 Å². The van der Waals surface area contributed by atoms with Crippen LogP contribution in [-0.4, -0.2) is 41.7 Å². The zero-order valence-corrected chi connectivity index (χ0v) is 14.4. The lowest BCUT2D eigenvalue weighted by atomic mass is 10.0. The highest BCUT2D eigenvalue weighted by atomic mass is 32.1. The van der Waals surface area contributed by atoms with Crippen LogP contribution in [0.2, 0.25) is 0 Å². The van der Waals surface area contributed by atoms with Gasteiger partial charge in [0, 0.05) is 13.1 Å². The molecule has 1 aliphatic heterocycles. The third-order valence-corrected chi connectivity index (χ3v) is 5.18. The molecule has 2 heterocycles. The van der Waals surface area contributed by atoms with Gasteiger partial charge in [-0.3, -0.25) is 4.79 Å². The Kier molecular flexibility index (Phi) is 4.48. The number of nitrogens with two attached hydrogens (primary N) is 1. The molecule has 2 N–H and O–H groups in total. The number of carbonyl (C=O) groups excluding carboxylic acids is 1. The summed E-state index contributed by atoms with van der Waals surface area (Å²) >= 11 is 1.55. The Morgan fingerprint density at radius 2 is 2.17 bits per heavy atom. The Bertz CT molecular complexity index is 741. The van der Waals surface area contributed by atoms with Gasteiger partial charge in [-0.25, -0.2) is 4.98 Å². The minimum Gasteiger partial charge on any atom is -0.355 e. The number of rotatable bonds is 3. The summed E-state index contributed by atoms with van der Waals surface area (Å²) in [5.41, 5.74) is 9.67. The van der Waals surface area contributed by atoms with Crippen LogP contribution >= 0.6 is 11.3 Å². The van der Waals surface area contributed by atoms with Crippen LogP contribution < -0.4 is 5.73 Å². The first-order valence-corrected chi connectivity index (χ1v) is 8.50. The first-order chi connectivity index (χ1) is 11.0. The Labute approximate surface area is 140 Å². The van der Waals surface area contributed by atoms with E-state index in [2.05, 4.69) is 31.0 Å². The van der Waals surface area contributed by atoms with Crippen LogP contribution in [0.1, 0.15) is 26.6 Å². The van der Waals surface area contributed by atoms with Crippen molar-refractivity contribution in [2.45, 2.75) is 27.0 Å². The third kappa shape index (κ3) is 3.02. The van der Waals surface area contributed by atoms with E-state index < -0.39 is 0 Å². The van der Waals surface area contributed by atoms with Crippen LogP contribution in [0.5, 0.6) is 0 Å². The average molecular weight is 331 g/mol. The molecule has 1 atom stereocenters. The average Bonchev–Trinajstić information content (AvgIpc) is 3.15. The van der Waals surface area contributed by atoms with E-state index in [9.17, 15) is 4.79 Å². The molecule has 1 aliphatic rings. The molecule has 0 saturated carbocycles. The molecule has 1 saturated heterocycles. The van der Waals surface area contributed by atoms with Crippen molar-refractivity contribution in [3.05, 3.63) is 40.0 Å². The van der Waals surface area contributed by atoms with Gasteiger partial charge in [0.25, 0.3) is 5.91 Å². The molecular weight excluding hydrogens is 310 g/mol. The van der Waals surface area contributed by atoms with E-state index in [0.717, 1.165) is 15.4 Å². The van der Waals surface area contributed by atoms with E-state index >= 15 is 0 Å². The summed E-state index contributed by atoms with van der Waals surface area (Å²) in [4.78, 5) is 20.0. The van der Waals surface area contributed by atoms with E-state index in [0.29, 0.717) is 25.4 Å². The highest BCUT2D eigenvalue weighted by Gasteiger charge is 2.32. The smallest absolute Gasteiger partial charge is 0.276 e. The highest BCUT2D eigenvalue weighted by molar-refractivity contribution is 7.15. The standard InChI is InChI=1S/C17H21N3O2S/c1-10-4-5-13(8-11(10)2)16-15(19-12(3)23-16)17(21)20-6-7-22-14(20)9-18/h4-5,8,14H,6-7,9,18H2,1-3H3. The number of ether oxygens (including phenoxy) is 1. The molecule has 1 aromatic heterocycles. The van der Waals surface area contributed by atoms with Gasteiger partial charge in [0.15, 0.2) is 0 Å². The monoisotopic (exact) mass is 331 g/mol. The largest absolute Gasteiger partial charge is 0.355 e. The molecule has 1 fully saturated rings. The van der Waals surface area contributed by atoms with Crippen LogP contribution in [0, 0.1) is 20.8 Å². The third-order valence-electron chi connectivity index (χ3n) is 4.16. The van der Waals surface area contributed by atoms with Gasteiger partial charge in [-0.1, -0.05) is 18.2 Å². The second kappa shape index (κ2) is 6.39. The van der Waals surface area contributed by atoms with Gasteiger partial charge in [0.2, 0.25) is 0 Å². The van der Waals surface area contributed by atoms with E-state index in [1.807, 2.05) is 13.0 Å². The molecule has 6 heteroatoms. The van der Waals surface area contributed by atoms with Crippen LogP contribution in [0.4, 0.5) is 0 Å². The van der Waals surface area contributed by atoms with Crippen molar-refractivity contribution in [2.24, 2.45) is 5.73 Å². The lowest BCUT2D eigenvalue weighted by Crippen LogP contribution is -2.41. The molecule has 0 radical (unpaired) electrons. The van der Waals surface area contributed by atoms with Gasteiger partial charge in [0.05, 0.1) is 16.5 Å². The normalized spacial score (nSPS) is 17.7. The Morgan fingerprint density at radius 3 is 2.87 bits per heavy atom. The van der Waals surface area contributed by atoms with E-state index in [-0.39, 0.29) is 12.1 Å². The molecule has 2 aromatic rings. The number of benzene rings is 1. The Morgan fingerprint density at radius 1 is 1.39 bits per heavy atom. The van der Waals surface area contributed by atoms with Crippen molar-refractivity contribution >= 4 is 17.2 Å². The number of thiazole rings is 1. The molecule has 3 rings (SSSR count). The fraction of sp³-hybridized carbons (Fsp3) is 0.412. The van der Waals surface area contributed by atoms with Crippen molar-refractivity contribution in [3.63, 3.8) is 0 Å². The molecule has 0 aliphatic carbocycles. The molecule has 1 amide bonds. The predicted molar refractivity (Wildman–Crippen MR) is 91.6 cm³/mol. The van der Waals surface area contributed by atoms with Crippen molar-refractivity contribution in [1.82, 2.24) is 9.88 Å². The number of aromatic nitrogens is 1. The number of carbonyl (C=O) groups is 1. The van der Waals surface area contributed by atoms with Gasteiger partial charge in [0.1, 0.15) is 11.9 Å². The van der Waals surface area contributed by atoms with Gasteiger partial charge in [-0.05, 0) is 37.5 Å². The second-order valence-electron chi connectivity index (χ2n) is 5.77. The summed E-state index contributed by atoms with van der Waals surface area (Å²) in [6.45, 7) is 7.46. The maximum absolute atomic E-state index is 12.9. The van der Waals surface area contributed by atoms with Gasteiger partial charge < -0.3 is 15.4 Å². The van der Waals surface area contributed by atoms with Crippen LogP contribution in [-0.2, 0) is 4.74 Å². The Balaban J connectivity index is 2.00. The maximum Gasteiger partial charge on any atom is 0.276 e. The summed E-state index contributed by atoms with van der Waals surface area (Å²) in [7, 11) is 0. The van der Waals surface area contributed by atoms with Crippen LogP contribution in [0.3, 0.4) is 0 Å². The number of hydrogen-bond acceptors (Lipinski definition) is 5. The summed E-state index contributed by atoms with van der Waals surface area (Å²) in [6.07, 6.45) is -0.350. The van der Waals surface area contributed by atoms with E-state index in [1.165, 1.54) is 11.1 Å². The zero-order valence-electron chi connectivity index (χ0n) is 13.6. The first-order valence-electron chi connectivity index (χ1n) is 7.69. The van der Waals surface area contributed by atoms with Crippen molar-refractivity contribution in [1.29, 1.82) is 0 Å². The first kappa shape index (κ1) is 16.1. The molecule has 1 unspecified atom stereocenters. The number of nitrogens with zero attached hydrogens (tertiary/aromatic N) is 2. The summed E-state index contributed by atoms with van der Waals surface area (Å²) in [5.74, 6) is -0.101. The molecule has 5 nitrogen and oxygen atoms in total. The highest BCUT2D eigenvalue weighted by Crippen LogP contribution is 2.32. The Hall–Kier alpha value is -1.76. The molecule has 23 heavy (non-hydrogen) atoms. The van der Waals surface area contributed by atoms with Crippen molar-refractivity contribution in [2.75, 3.05) is 19.7 Å². The molecule has 0 spiro atoms. The minimum atomic E-state index is -0.350. The summed E-state index contributed by atoms with van der Waals surface area (Å²) in [6, 6.07) is 6.24. The quantitative estimate of drug-likeness (QED) is 0.938. The topological polar surface area (TPSA) is 68.5 Å². The summed E-state index contributed by atoms with van der Waals surface area (Å²) < 4.78 is 5.50. The molecular formula is C17H21N3O2S. The molecule has 0 bridgehead atoms. The number of hydrogen-bond donors (Lipinski definition) is 1. The number of amides is 1. The van der Waals surface area contributed by atoms with E-state index in [1.54, 1.807) is 16.2 Å². The SMILES string of the molecule is Cc1nc(C(=O)N2CCOC2CN)c(-c2ccc(C)c(C)c2)s1. The number of aryl methyl sites for hydroxylation is 3. The van der Waals surface area contributed by atoms with E-state index in [4.69, 9.17) is 10.5 Å². The maximum atomic E-state index is 12.9.